The Bertz CT molecular complexity index is 275. The summed E-state index contributed by atoms with van der Waals surface area (Å²) < 4.78 is 5.15. The van der Waals surface area contributed by atoms with E-state index in [9.17, 15) is 0 Å². The number of hydrogen-bond donors (Lipinski definition) is 0. The molecule has 0 aliphatic heterocycles. The third kappa shape index (κ3) is 4.03. The molecule has 0 unspecified atom stereocenters. The fourth-order valence-electron chi connectivity index (χ4n) is 0.884. The van der Waals surface area contributed by atoms with Gasteiger partial charge in [0.15, 0.2) is 0 Å². The van der Waals surface area contributed by atoms with E-state index in [1.165, 1.54) is 6.20 Å². The van der Waals surface area contributed by atoms with Gasteiger partial charge in [-0.15, -0.1) is 0 Å². The Kier molecular flexibility index (Phi) is 5.53. The Morgan fingerprint density at radius 3 is 2.29 bits per heavy atom. The van der Waals surface area contributed by atoms with Crippen LogP contribution >= 0.6 is 0 Å². The van der Waals surface area contributed by atoms with Crippen LogP contribution in [0.1, 0.15) is 20.8 Å². The van der Waals surface area contributed by atoms with E-state index in [1.54, 1.807) is 7.11 Å². The van der Waals surface area contributed by atoms with E-state index in [0.717, 1.165) is 5.57 Å². The molecular weight excluding hydrogens is 176 g/mol. The Morgan fingerprint density at radius 1 is 1.43 bits per heavy atom. The minimum atomic E-state index is 0.166. The molecule has 0 amide bonds. The standard InChI is InChI=1S/C11H18N2O/c1-7-12-10(8(2)3)11(14-6)13-9(4)5/h7,9H,1-2H2,3-6H3. The van der Waals surface area contributed by atoms with Crippen molar-refractivity contribution >= 4 is 11.6 Å². The van der Waals surface area contributed by atoms with Crippen LogP contribution in [0.15, 0.2) is 34.9 Å². The van der Waals surface area contributed by atoms with Crippen molar-refractivity contribution in [2.24, 2.45) is 9.98 Å². The monoisotopic (exact) mass is 194 g/mol. The average molecular weight is 194 g/mol. The lowest BCUT2D eigenvalue weighted by atomic mass is 10.2. The summed E-state index contributed by atoms with van der Waals surface area (Å²) in [5, 5.41) is 0. The van der Waals surface area contributed by atoms with E-state index in [2.05, 4.69) is 23.1 Å². The molecule has 3 heteroatoms. The summed E-state index contributed by atoms with van der Waals surface area (Å²) >= 11 is 0. The number of methoxy groups -OCH3 is 1. The van der Waals surface area contributed by atoms with Gasteiger partial charge in [0.25, 0.3) is 0 Å². The van der Waals surface area contributed by atoms with Crippen LogP contribution in [-0.4, -0.2) is 24.8 Å². The Hall–Kier alpha value is -1.38. The van der Waals surface area contributed by atoms with Gasteiger partial charge in [0.1, 0.15) is 5.71 Å². The van der Waals surface area contributed by atoms with Crippen molar-refractivity contribution < 1.29 is 4.74 Å². The van der Waals surface area contributed by atoms with Gasteiger partial charge in [-0.3, -0.25) is 4.99 Å². The normalized spacial score (nSPS) is 12.9. The van der Waals surface area contributed by atoms with Crippen molar-refractivity contribution in [2.45, 2.75) is 26.8 Å². The molecule has 0 N–H and O–H groups in total. The molecule has 0 saturated carbocycles. The van der Waals surface area contributed by atoms with Crippen LogP contribution in [-0.2, 0) is 4.74 Å². The molecular formula is C11H18N2O. The molecule has 0 atom stereocenters. The van der Waals surface area contributed by atoms with Crippen LogP contribution in [0.3, 0.4) is 0 Å². The first-order valence-corrected chi connectivity index (χ1v) is 4.49. The van der Waals surface area contributed by atoms with E-state index in [1.807, 2.05) is 20.8 Å². The third-order valence-electron chi connectivity index (χ3n) is 1.40. The quantitative estimate of drug-likeness (QED) is 0.500. The van der Waals surface area contributed by atoms with Crippen LogP contribution in [0.5, 0.6) is 0 Å². The zero-order valence-corrected chi connectivity index (χ0v) is 9.37. The first-order valence-electron chi connectivity index (χ1n) is 4.49. The summed E-state index contributed by atoms with van der Waals surface area (Å²) in [6.45, 7) is 13.2. The van der Waals surface area contributed by atoms with E-state index in [0.29, 0.717) is 11.6 Å². The van der Waals surface area contributed by atoms with Gasteiger partial charge >= 0.3 is 0 Å². The summed E-state index contributed by atoms with van der Waals surface area (Å²) in [5.74, 6) is 0.507. The van der Waals surface area contributed by atoms with Crippen molar-refractivity contribution in [3.63, 3.8) is 0 Å². The van der Waals surface area contributed by atoms with Crippen LogP contribution in [0.2, 0.25) is 0 Å². The van der Waals surface area contributed by atoms with Gasteiger partial charge < -0.3 is 4.74 Å². The maximum atomic E-state index is 5.15. The molecule has 14 heavy (non-hydrogen) atoms. The smallest absolute Gasteiger partial charge is 0.235 e. The average Bonchev–Trinajstić information content (AvgIpc) is 2.10. The number of aliphatic imine (C=N–C) groups is 2. The van der Waals surface area contributed by atoms with Crippen LogP contribution < -0.4 is 0 Å². The van der Waals surface area contributed by atoms with E-state index in [4.69, 9.17) is 4.74 Å². The minimum absolute atomic E-state index is 0.166. The second-order valence-corrected chi connectivity index (χ2v) is 3.17. The molecule has 0 heterocycles. The van der Waals surface area contributed by atoms with Crippen LogP contribution in [0.25, 0.3) is 0 Å². The highest BCUT2D eigenvalue weighted by Crippen LogP contribution is 2.01. The van der Waals surface area contributed by atoms with Crippen molar-refractivity contribution in [1.29, 1.82) is 0 Å². The maximum Gasteiger partial charge on any atom is 0.235 e. The fraction of sp³-hybridized carbons (Fsp3) is 0.455. The summed E-state index contributed by atoms with van der Waals surface area (Å²) in [6.07, 6.45) is 1.46. The van der Waals surface area contributed by atoms with Gasteiger partial charge in [-0.1, -0.05) is 13.2 Å². The molecule has 0 aromatic rings. The van der Waals surface area contributed by atoms with Gasteiger partial charge in [0, 0.05) is 12.2 Å². The Labute approximate surface area is 85.9 Å². The molecule has 0 aromatic carbocycles. The topological polar surface area (TPSA) is 34.0 Å². The first-order chi connectivity index (χ1) is 6.52. The highest BCUT2D eigenvalue weighted by molar-refractivity contribution is 6.45. The summed E-state index contributed by atoms with van der Waals surface area (Å²) in [7, 11) is 1.57. The van der Waals surface area contributed by atoms with Crippen LogP contribution in [0.4, 0.5) is 0 Å². The van der Waals surface area contributed by atoms with Gasteiger partial charge in [0.05, 0.1) is 7.11 Å². The number of ether oxygens (including phenoxy) is 1. The molecule has 0 saturated heterocycles. The van der Waals surface area contributed by atoms with Crippen molar-refractivity contribution in [3.8, 4) is 0 Å². The highest BCUT2D eigenvalue weighted by atomic mass is 16.5. The van der Waals surface area contributed by atoms with Crippen molar-refractivity contribution in [3.05, 3.63) is 24.9 Å². The molecule has 0 spiro atoms. The molecule has 78 valence electrons. The molecule has 3 nitrogen and oxygen atoms in total. The highest BCUT2D eigenvalue weighted by Gasteiger charge is 2.10. The zero-order chi connectivity index (χ0) is 11.1. The number of hydrogen-bond acceptors (Lipinski definition) is 3. The first kappa shape index (κ1) is 12.6. The van der Waals surface area contributed by atoms with Crippen LogP contribution in [0, 0.1) is 0 Å². The predicted molar refractivity (Wildman–Crippen MR) is 62.0 cm³/mol. The second-order valence-electron chi connectivity index (χ2n) is 3.17. The summed E-state index contributed by atoms with van der Waals surface area (Å²) in [5.41, 5.74) is 1.46. The molecule has 0 fully saturated rings. The SMILES string of the molecule is C=CN=C(C(=C)C)C(=NC(C)C)OC. The number of nitrogens with zero attached hydrogens (tertiary/aromatic N) is 2. The number of rotatable bonds is 4. The van der Waals surface area contributed by atoms with Crippen molar-refractivity contribution in [1.82, 2.24) is 0 Å². The van der Waals surface area contributed by atoms with E-state index in [-0.39, 0.29) is 6.04 Å². The Balaban J connectivity index is 5.06. The maximum absolute atomic E-state index is 5.15. The lowest BCUT2D eigenvalue weighted by Crippen LogP contribution is -2.18. The molecule has 0 aromatic heterocycles. The van der Waals surface area contributed by atoms with Crippen molar-refractivity contribution in [2.75, 3.05) is 7.11 Å². The summed E-state index contributed by atoms with van der Waals surface area (Å²) in [4.78, 5) is 8.36. The lowest BCUT2D eigenvalue weighted by Gasteiger charge is -2.09. The van der Waals surface area contributed by atoms with E-state index >= 15 is 0 Å². The molecule has 0 aliphatic carbocycles. The molecule has 0 rings (SSSR count). The Morgan fingerprint density at radius 2 is 2.00 bits per heavy atom. The minimum Gasteiger partial charge on any atom is -0.480 e. The van der Waals surface area contributed by atoms with Gasteiger partial charge in [-0.25, -0.2) is 4.99 Å². The molecule has 0 aliphatic rings. The third-order valence-corrected chi connectivity index (χ3v) is 1.40. The fourth-order valence-corrected chi connectivity index (χ4v) is 0.884. The summed E-state index contributed by atoms with van der Waals surface area (Å²) in [6, 6.07) is 0.166. The molecule has 0 bridgehead atoms. The van der Waals surface area contributed by atoms with E-state index < -0.39 is 0 Å². The van der Waals surface area contributed by atoms with Gasteiger partial charge in [-0.05, 0) is 26.3 Å². The largest absolute Gasteiger partial charge is 0.480 e. The van der Waals surface area contributed by atoms with Gasteiger partial charge in [-0.2, -0.15) is 0 Å². The lowest BCUT2D eigenvalue weighted by molar-refractivity contribution is 0.407. The predicted octanol–water partition coefficient (Wildman–Crippen LogP) is 2.60. The zero-order valence-electron chi connectivity index (χ0n) is 9.37. The molecule has 0 radical (unpaired) electrons. The second kappa shape index (κ2) is 6.13. The van der Waals surface area contributed by atoms with Gasteiger partial charge in [0.2, 0.25) is 5.90 Å².